The number of pyridine rings is 12. The minimum atomic E-state index is 0.806. The average molecular weight is 1550 g/mol. The van der Waals surface area contributed by atoms with Crippen LogP contribution in [-0.2, 0) is 0 Å². The van der Waals surface area contributed by atoms with Crippen LogP contribution in [0.5, 0.6) is 0 Å². The summed E-state index contributed by atoms with van der Waals surface area (Å²) < 4.78 is 13.2. The molecule has 24 aromatic rings. The van der Waals surface area contributed by atoms with Gasteiger partial charge in [-0.05, 0) is 236 Å². The van der Waals surface area contributed by atoms with Crippen molar-refractivity contribution < 1.29 is 0 Å². The Morgan fingerprint density at radius 2 is 0.417 bits per heavy atom. The monoisotopic (exact) mass is 1550 g/mol. The molecule has 0 bridgehead atoms. The quantitative estimate of drug-likeness (QED) is 0.133. The van der Waals surface area contributed by atoms with Gasteiger partial charge in [-0.3, -0.25) is 57.3 Å². The summed E-state index contributed by atoms with van der Waals surface area (Å²) in [7, 11) is 0. The van der Waals surface area contributed by atoms with Gasteiger partial charge >= 0.3 is 0 Å². The summed E-state index contributed by atoms with van der Waals surface area (Å²) in [4.78, 5) is 57.8. The van der Waals surface area contributed by atoms with Crippen molar-refractivity contribution in [1.29, 1.82) is 0 Å². The largest absolute Gasteiger partial charge is 0.294 e. The van der Waals surface area contributed by atoms with E-state index in [1.807, 2.05) is 171 Å². The molecule has 0 saturated carbocycles. The Hall–Kier alpha value is -16.1. The first-order chi connectivity index (χ1) is 59.0. The smallest absolute Gasteiger partial charge is 0.138 e. The summed E-state index contributed by atoms with van der Waals surface area (Å²) in [5.41, 5.74) is 27.0. The van der Waals surface area contributed by atoms with Crippen molar-refractivity contribution >= 4 is 131 Å². The molecule has 6 aromatic carbocycles. The third-order valence-electron chi connectivity index (χ3n) is 22.8. The highest BCUT2D eigenvalue weighted by atomic mass is 15.1. The number of rotatable bonds is 9. The second-order valence-corrected chi connectivity index (χ2v) is 30.7. The van der Waals surface area contributed by atoms with Crippen molar-refractivity contribution in [3.05, 3.63) is 362 Å². The first-order valence-electron chi connectivity index (χ1n) is 39.9. The van der Waals surface area contributed by atoms with E-state index in [1.54, 1.807) is 0 Å². The van der Waals surface area contributed by atoms with E-state index in [0.29, 0.717) is 0 Å². The molecular formula is C102H72N18. The zero-order valence-electron chi connectivity index (χ0n) is 66.2. The van der Waals surface area contributed by atoms with Crippen LogP contribution in [0.15, 0.2) is 329 Å². The van der Waals surface area contributed by atoms with Crippen molar-refractivity contribution in [3.8, 4) is 69.1 Å². The zero-order valence-corrected chi connectivity index (χ0v) is 66.2. The zero-order chi connectivity index (χ0) is 80.4. The van der Waals surface area contributed by atoms with Gasteiger partial charge in [0.2, 0.25) is 0 Å². The first kappa shape index (κ1) is 70.5. The Labute approximate surface area is 687 Å². The van der Waals surface area contributed by atoms with Gasteiger partial charge in [0.1, 0.15) is 34.9 Å². The molecule has 0 aliphatic carbocycles. The second kappa shape index (κ2) is 28.4. The SMILES string of the molecule is Cc1ccc2c(c1)c1ccncc1n2-c1cccc(-c2cccc(-n3c4ccc(C)cc4c4ccncc43)n2)n1.Cc1ccc2c(c1)c1cnccc1n2-c1cccc(-c2cccc(-n3c4ccncc4c4cc(C)ccc43)n2)n1.Cc1ccc2c(c1)c1ncccc1n2-c1cccc(-c2cccc(-n3c4ccc(C)cc4c4ncccc43)n2)n1. The van der Waals surface area contributed by atoms with Gasteiger partial charge in [0, 0.05) is 103 Å². The summed E-state index contributed by atoms with van der Waals surface area (Å²) in [5, 5.41) is 11.5. The molecule has 0 amide bonds. The lowest BCUT2D eigenvalue weighted by Gasteiger charge is -2.11. The molecule has 570 valence electrons. The number of nitrogens with zero attached hydrogens (tertiary/aromatic N) is 18. The van der Waals surface area contributed by atoms with Gasteiger partial charge < -0.3 is 0 Å². The van der Waals surface area contributed by atoms with Gasteiger partial charge in [-0.25, -0.2) is 29.9 Å². The van der Waals surface area contributed by atoms with E-state index < -0.39 is 0 Å². The molecule has 0 saturated heterocycles. The van der Waals surface area contributed by atoms with Crippen LogP contribution in [0.2, 0.25) is 0 Å². The Morgan fingerprint density at radius 1 is 0.175 bits per heavy atom. The Bertz CT molecular complexity index is 7050. The van der Waals surface area contributed by atoms with E-state index in [9.17, 15) is 0 Å². The van der Waals surface area contributed by atoms with E-state index >= 15 is 0 Å². The highest BCUT2D eigenvalue weighted by Crippen LogP contribution is 2.40. The van der Waals surface area contributed by atoms with Crippen molar-refractivity contribution in [2.75, 3.05) is 0 Å². The first-order valence-corrected chi connectivity index (χ1v) is 39.9. The maximum absolute atomic E-state index is 5.13. The topological polar surface area (TPSA) is 184 Å². The van der Waals surface area contributed by atoms with Crippen molar-refractivity contribution in [3.63, 3.8) is 0 Å². The molecule has 18 heterocycles. The number of hydrogen-bond acceptors (Lipinski definition) is 12. The van der Waals surface area contributed by atoms with Crippen LogP contribution >= 0.6 is 0 Å². The van der Waals surface area contributed by atoms with Crippen LogP contribution in [0.4, 0.5) is 0 Å². The van der Waals surface area contributed by atoms with Crippen LogP contribution in [0.3, 0.4) is 0 Å². The standard InChI is InChI=1S/3C34H24N6/c1-21-13-15-27-23(19-21)33-29(9-5-17-35-33)39(27)31-11-3-7-25(37-31)26-8-4-12-32(38-26)40-28-16-14-22(2)20-24(28)34-30(40)10-6-18-36-34;1-21-9-11-29-23(17-21)25-19-35-15-13-31(25)39(29)33-7-3-5-27(37-33)28-6-4-8-34(38-28)40-30-12-10-22(2)18-24(30)26-20-36-16-14-32(26)40;1-21-9-11-29-25(17-21)23-13-15-35-19-31(23)39(29)33-7-3-5-27(37-33)28-6-4-8-34(38-28)40-30-12-10-22(2)18-26(30)24-14-16-36-20-32(24)40/h3*3-20H,1-2H3. The molecule has 120 heavy (non-hydrogen) atoms. The molecule has 0 radical (unpaired) electrons. The highest BCUT2D eigenvalue weighted by molar-refractivity contribution is 6.13. The number of hydrogen-bond donors (Lipinski definition) is 0. The fourth-order valence-corrected chi connectivity index (χ4v) is 17.4. The van der Waals surface area contributed by atoms with Crippen LogP contribution in [0.1, 0.15) is 33.4 Å². The molecule has 18 heteroatoms. The molecule has 0 unspecified atom stereocenters. The van der Waals surface area contributed by atoms with Crippen LogP contribution < -0.4 is 0 Å². The fourth-order valence-electron chi connectivity index (χ4n) is 17.4. The highest BCUT2D eigenvalue weighted by Gasteiger charge is 2.23. The molecule has 24 rings (SSSR count). The summed E-state index contributed by atoms with van der Waals surface area (Å²) in [6.45, 7) is 12.7. The van der Waals surface area contributed by atoms with Crippen molar-refractivity contribution in [1.82, 2.24) is 87.2 Å². The molecule has 0 aliphatic rings. The lowest BCUT2D eigenvalue weighted by Crippen LogP contribution is -2.01. The Balaban J connectivity index is 0.000000108. The molecule has 18 aromatic heterocycles. The van der Waals surface area contributed by atoms with Gasteiger partial charge in [-0.15, -0.1) is 0 Å². The summed E-state index contributed by atoms with van der Waals surface area (Å²) in [5.74, 6) is 5.02. The van der Waals surface area contributed by atoms with Gasteiger partial charge in [-0.2, -0.15) is 0 Å². The number of benzene rings is 6. The molecule has 0 aliphatic heterocycles. The second-order valence-electron chi connectivity index (χ2n) is 30.7. The third kappa shape index (κ3) is 11.9. The van der Waals surface area contributed by atoms with E-state index in [-0.39, 0.29) is 0 Å². The van der Waals surface area contributed by atoms with E-state index in [0.717, 1.165) is 179 Å². The molecule has 0 N–H and O–H groups in total. The molecule has 0 atom stereocenters. The van der Waals surface area contributed by atoms with Crippen LogP contribution in [0, 0.1) is 41.5 Å². The summed E-state index contributed by atoms with van der Waals surface area (Å²) >= 11 is 0. The van der Waals surface area contributed by atoms with E-state index in [1.165, 1.54) is 54.9 Å². The number of aryl methyl sites for hydroxylation is 6. The van der Waals surface area contributed by atoms with Gasteiger partial charge in [0.25, 0.3) is 0 Å². The van der Waals surface area contributed by atoms with Gasteiger partial charge in [0.15, 0.2) is 0 Å². The average Bonchev–Trinajstić information content (AvgIpc) is 1.62. The van der Waals surface area contributed by atoms with Gasteiger partial charge in [-0.1, -0.05) is 106 Å². The minimum absolute atomic E-state index is 0.806. The molecule has 0 spiro atoms. The van der Waals surface area contributed by atoms with Crippen LogP contribution in [-0.4, -0.2) is 87.2 Å². The van der Waals surface area contributed by atoms with E-state index in [4.69, 9.17) is 39.9 Å². The molecular weight excluding hydrogens is 1480 g/mol. The number of fused-ring (bicyclic) bond motifs is 18. The van der Waals surface area contributed by atoms with Crippen LogP contribution in [0.25, 0.3) is 200 Å². The maximum Gasteiger partial charge on any atom is 0.138 e. The molecule has 18 nitrogen and oxygen atoms in total. The minimum Gasteiger partial charge on any atom is -0.294 e. The predicted molar refractivity (Wildman–Crippen MR) is 484 cm³/mol. The number of aromatic nitrogens is 18. The summed E-state index contributed by atoms with van der Waals surface area (Å²) in [6.07, 6.45) is 18.8. The Morgan fingerprint density at radius 3 is 0.725 bits per heavy atom. The third-order valence-corrected chi connectivity index (χ3v) is 22.8. The summed E-state index contributed by atoms with van der Waals surface area (Å²) in [6, 6.07) is 92.1. The van der Waals surface area contributed by atoms with E-state index in [2.05, 4.69) is 247 Å². The maximum atomic E-state index is 5.13. The lowest BCUT2D eigenvalue weighted by molar-refractivity contribution is 1.05. The fraction of sp³-hybridized carbons (Fsp3) is 0.0588. The lowest BCUT2D eigenvalue weighted by atomic mass is 10.1. The normalized spacial score (nSPS) is 11.8. The van der Waals surface area contributed by atoms with Gasteiger partial charge in [0.05, 0.1) is 124 Å². The Kier molecular flexibility index (Phi) is 16.7. The van der Waals surface area contributed by atoms with Crippen molar-refractivity contribution in [2.45, 2.75) is 41.5 Å². The van der Waals surface area contributed by atoms with Crippen molar-refractivity contribution in [2.24, 2.45) is 0 Å². The predicted octanol–water partition coefficient (Wildman–Crippen LogP) is 23.2. The molecule has 0 fully saturated rings.